The fourth-order valence-corrected chi connectivity index (χ4v) is 4.07. The summed E-state index contributed by atoms with van der Waals surface area (Å²) in [5, 5.41) is 0. The van der Waals surface area contributed by atoms with Crippen LogP contribution in [-0.4, -0.2) is 61.6 Å². The largest absolute Gasteiger partial charge is 0.492 e. The van der Waals surface area contributed by atoms with Crippen LogP contribution in [0.1, 0.15) is 32.4 Å². The number of anilines is 1. The number of rotatable bonds is 8. The van der Waals surface area contributed by atoms with Crippen molar-refractivity contribution in [2.24, 2.45) is 0 Å². The van der Waals surface area contributed by atoms with Crippen LogP contribution in [0.25, 0.3) is 0 Å². The molecule has 0 N–H and O–H groups in total. The summed E-state index contributed by atoms with van der Waals surface area (Å²) in [6.07, 6.45) is 0. The molecule has 3 rings (SSSR count). The van der Waals surface area contributed by atoms with Crippen molar-refractivity contribution in [3.8, 4) is 5.75 Å². The van der Waals surface area contributed by atoms with Gasteiger partial charge in [0.1, 0.15) is 11.8 Å². The standard InChI is InChI=1S/C24H33N3O2/c1-4-25(5-2)24(28)23(20-12-8-7-9-13-20)27-18-16-26(17-19-27)21-14-10-11-15-22(21)29-6-3/h7-15,23H,4-6,16-19H2,1-3H3. The summed E-state index contributed by atoms with van der Waals surface area (Å²) in [5.41, 5.74) is 2.22. The SMILES string of the molecule is CCOc1ccccc1N1CCN(C(C(=O)N(CC)CC)c2ccccc2)CC1. The Hall–Kier alpha value is -2.53. The predicted octanol–water partition coefficient (Wildman–Crippen LogP) is 3.82. The highest BCUT2D eigenvalue weighted by molar-refractivity contribution is 5.83. The highest BCUT2D eigenvalue weighted by Crippen LogP contribution is 2.31. The van der Waals surface area contributed by atoms with E-state index >= 15 is 0 Å². The van der Waals surface area contributed by atoms with Gasteiger partial charge in [0.05, 0.1) is 12.3 Å². The van der Waals surface area contributed by atoms with Crippen LogP contribution in [0.5, 0.6) is 5.75 Å². The van der Waals surface area contributed by atoms with Crippen LogP contribution in [0.15, 0.2) is 54.6 Å². The molecule has 0 saturated carbocycles. The van der Waals surface area contributed by atoms with Crippen molar-refractivity contribution in [1.82, 2.24) is 9.80 Å². The zero-order valence-corrected chi connectivity index (χ0v) is 17.9. The van der Waals surface area contributed by atoms with Gasteiger partial charge in [-0.1, -0.05) is 42.5 Å². The van der Waals surface area contributed by atoms with Crippen LogP contribution >= 0.6 is 0 Å². The number of benzene rings is 2. The van der Waals surface area contributed by atoms with Crippen molar-refractivity contribution < 1.29 is 9.53 Å². The number of hydrogen-bond acceptors (Lipinski definition) is 4. The molecule has 1 unspecified atom stereocenters. The van der Waals surface area contributed by atoms with E-state index in [0.717, 1.165) is 56.3 Å². The Labute approximate surface area is 174 Å². The zero-order valence-electron chi connectivity index (χ0n) is 17.9. The summed E-state index contributed by atoms with van der Waals surface area (Å²) in [4.78, 5) is 20.0. The number of hydrogen-bond donors (Lipinski definition) is 0. The van der Waals surface area contributed by atoms with Gasteiger partial charge in [-0.05, 0) is 38.5 Å². The fourth-order valence-electron chi connectivity index (χ4n) is 4.07. The quantitative estimate of drug-likeness (QED) is 0.681. The molecule has 5 nitrogen and oxygen atoms in total. The molecule has 2 aromatic carbocycles. The molecule has 1 atom stereocenters. The van der Waals surface area contributed by atoms with Crippen molar-refractivity contribution in [1.29, 1.82) is 0 Å². The number of carbonyl (C=O) groups is 1. The van der Waals surface area contributed by atoms with Crippen molar-refractivity contribution >= 4 is 11.6 Å². The van der Waals surface area contributed by atoms with Crippen molar-refractivity contribution in [2.75, 3.05) is 50.8 Å². The van der Waals surface area contributed by atoms with E-state index in [1.165, 1.54) is 0 Å². The average Bonchev–Trinajstić information content (AvgIpc) is 2.77. The normalized spacial score (nSPS) is 15.8. The van der Waals surface area contributed by atoms with E-state index in [2.05, 4.69) is 34.1 Å². The fraction of sp³-hybridized carbons (Fsp3) is 0.458. The second-order valence-electron chi connectivity index (χ2n) is 7.25. The van der Waals surface area contributed by atoms with E-state index < -0.39 is 0 Å². The minimum Gasteiger partial charge on any atom is -0.492 e. The molecule has 29 heavy (non-hydrogen) atoms. The van der Waals surface area contributed by atoms with Crippen molar-refractivity contribution in [3.05, 3.63) is 60.2 Å². The third kappa shape index (κ3) is 4.91. The number of nitrogens with zero attached hydrogens (tertiary/aromatic N) is 3. The molecule has 1 saturated heterocycles. The molecule has 0 aliphatic carbocycles. The van der Waals surface area contributed by atoms with E-state index in [1.807, 2.05) is 56.0 Å². The minimum atomic E-state index is -0.222. The second kappa shape index (κ2) is 10.3. The molecule has 156 valence electrons. The number of para-hydroxylation sites is 2. The Kier molecular flexibility index (Phi) is 7.53. The summed E-state index contributed by atoms with van der Waals surface area (Å²) in [6.45, 7) is 11.7. The Morgan fingerprint density at radius 1 is 0.931 bits per heavy atom. The topological polar surface area (TPSA) is 36.0 Å². The molecule has 1 aliphatic rings. The van der Waals surface area contributed by atoms with E-state index in [-0.39, 0.29) is 11.9 Å². The molecule has 1 amide bonds. The lowest BCUT2D eigenvalue weighted by molar-refractivity contribution is -0.137. The maximum atomic E-state index is 13.3. The Balaban J connectivity index is 1.78. The highest BCUT2D eigenvalue weighted by Gasteiger charge is 2.33. The second-order valence-corrected chi connectivity index (χ2v) is 7.25. The van der Waals surface area contributed by atoms with Gasteiger partial charge >= 0.3 is 0 Å². The molecule has 1 heterocycles. The van der Waals surface area contributed by atoms with Crippen LogP contribution < -0.4 is 9.64 Å². The number of carbonyl (C=O) groups excluding carboxylic acids is 1. The van der Waals surface area contributed by atoms with Crippen LogP contribution in [0.2, 0.25) is 0 Å². The summed E-state index contributed by atoms with van der Waals surface area (Å²) in [6, 6.07) is 18.2. The third-order valence-electron chi connectivity index (χ3n) is 5.61. The molecule has 0 radical (unpaired) electrons. The summed E-state index contributed by atoms with van der Waals surface area (Å²) < 4.78 is 5.82. The van der Waals surface area contributed by atoms with E-state index in [0.29, 0.717) is 6.61 Å². The Morgan fingerprint density at radius 3 is 2.17 bits per heavy atom. The van der Waals surface area contributed by atoms with Crippen LogP contribution in [-0.2, 0) is 4.79 Å². The molecule has 5 heteroatoms. The lowest BCUT2D eigenvalue weighted by Gasteiger charge is -2.41. The summed E-state index contributed by atoms with van der Waals surface area (Å²) in [5.74, 6) is 1.13. The van der Waals surface area contributed by atoms with Crippen molar-refractivity contribution in [3.63, 3.8) is 0 Å². The monoisotopic (exact) mass is 395 g/mol. The number of amides is 1. The van der Waals surface area contributed by atoms with Gasteiger partial charge in [0, 0.05) is 39.3 Å². The predicted molar refractivity (Wildman–Crippen MR) is 119 cm³/mol. The molecule has 1 fully saturated rings. The van der Waals surface area contributed by atoms with Gasteiger partial charge in [-0.25, -0.2) is 0 Å². The molecule has 0 aromatic heterocycles. The van der Waals surface area contributed by atoms with Gasteiger partial charge in [-0.2, -0.15) is 0 Å². The van der Waals surface area contributed by atoms with Crippen LogP contribution in [0.3, 0.4) is 0 Å². The third-order valence-corrected chi connectivity index (χ3v) is 5.61. The Bertz CT molecular complexity index is 769. The average molecular weight is 396 g/mol. The molecular formula is C24H33N3O2. The lowest BCUT2D eigenvalue weighted by atomic mass is 10.0. The van der Waals surface area contributed by atoms with Gasteiger partial charge in [0.2, 0.25) is 5.91 Å². The number of likely N-dealkylation sites (N-methyl/N-ethyl adjacent to an activating group) is 1. The first kappa shape index (κ1) is 21.2. The summed E-state index contributed by atoms with van der Waals surface area (Å²) >= 11 is 0. The minimum absolute atomic E-state index is 0.198. The molecule has 0 spiro atoms. The molecule has 2 aromatic rings. The first-order chi connectivity index (χ1) is 14.2. The van der Waals surface area contributed by atoms with Gasteiger partial charge in [0.15, 0.2) is 0 Å². The summed E-state index contributed by atoms with van der Waals surface area (Å²) in [7, 11) is 0. The van der Waals surface area contributed by atoms with Gasteiger partial charge in [0.25, 0.3) is 0 Å². The highest BCUT2D eigenvalue weighted by atomic mass is 16.5. The molecular weight excluding hydrogens is 362 g/mol. The van der Waals surface area contributed by atoms with E-state index in [1.54, 1.807) is 0 Å². The van der Waals surface area contributed by atoms with E-state index in [4.69, 9.17) is 4.74 Å². The van der Waals surface area contributed by atoms with Crippen molar-refractivity contribution in [2.45, 2.75) is 26.8 Å². The van der Waals surface area contributed by atoms with Crippen LogP contribution in [0.4, 0.5) is 5.69 Å². The first-order valence-electron chi connectivity index (χ1n) is 10.7. The maximum Gasteiger partial charge on any atom is 0.244 e. The zero-order chi connectivity index (χ0) is 20.6. The smallest absolute Gasteiger partial charge is 0.244 e. The van der Waals surface area contributed by atoms with Gasteiger partial charge in [-0.15, -0.1) is 0 Å². The van der Waals surface area contributed by atoms with E-state index in [9.17, 15) is 4.79 Å². The number of ether oxygens (including phenoxy) is 1. The van der Waals surface area contributed by atoms with Gasteiger partial charge < -0.3 is 14.5 Å². The molecule has 0 bridgehead atoms. The number of piperazine rings is 1. The lowest BCUT2D eigenvalue weighted by Crippen LogP contribution is -2.51. The van der Waals surface area contributed by atoms with Gasteiger partial charge in [-0.3, -0.25) is 9.69 Å². The van der Waals surface area contributed by atoms with Crippen LogP contribution in [0, 0.1) is 0 Å². The first-order valence-corrected chi connectivity index (χ1v) is 10.7. The Morgan fingerprint density at radius 2 is 1.55 bits per heavy atom. The maximum absolute atomic E-state index is 13.3. The molecule has 1 aliphatic heterocycles.